The standard InChI is InChI=1S/C14H23ClN2/c1-4-14(5-2,11-16)17(3)10-12-6-8-13(15)9-7-12/h6-9H,4-5,10-11,16H2,1-3H3. The van der Waals surface area contributed by atoms with Crippen LogP contribution in [0.1, 0.15) is 32.3 Å². The van der Waals surface area contributed by atoms with Crippen molar-refractivity contribution in [2.45, 2.75) is 38.8 Å². The fourth-order valence-corrected chi connectivity index (χ4v) is 2.39. The van der Waals surface area contributed by atoms with Gasteiger partial charge in [0.05, 0.1) is 0 Å². The van der Waals surface area contributed by atoms with Crippen LogP contribution in [0.25, 0.3) is 0 Å². The summed E-state index contributed by atoms with van der Waals surface area (Å²) in [5, 5.41) is 0.785. The Morgan fingerprint density at radius 1 is 1.18 bits per heavy atom. The molecule has 0 heterocycles. The van der Waals surface area contributed by atoms with Crippen molar-refractivity contribution < 1.29 is 0 Å². The summed E-state index contributed by atoms with van der Waals surface area (Å²) in [6.45, 7) is 6.02. The number of hydrogen-bond donors (Lipinski definition) is 1. The molecule has 1 aromatic carbocycles. The number of benzene rings is 1. The average molecular weight is 255 g/mol. The van der Waals surface area contributed by atoms with Gasteiger partial charge in [-0.25, -0.2) is 0 Å². The largest absolute Gasteiger partial charge is 0.329 e. The maximum absolute atomic E-state index is 5.94. The lowest BCUT2D eigenvalue weighted by atomic mass is 9.90. The van der Waals surface area contributed by atoms with E-state index in [2.05, 4.69) is 37.9 Å². The van der Waals surface area contributed by atoms with E-state index in [1.165, 1.54) is 5.56 Å². The van der Waals surface area contributed by atoms with Gasteiger partial charge in [-0.15, -0.1) is 0 Å². The first-order chi connectivity index (χ1) is 8.07. The van der Waals surface area contributed by atoms with Crippen molar-refractivity contribution in [1.29, 1.82) is 0 Å². The molecule has 2 N–H and O–H groups in total. The van der Waals surface area contributed by atoms with Crippen LogP contribution >= 0.6 is 11.6 Å². The minimum Gasteiger partial charge on any atom is -0.329 e. The highest BCUT2D eigenvalue weighted by Gasteiger charge is 2.29. The molecule has 1 aromatic rings. The zero-order valence-electron chi connectivity index (χ0n) is 11.0. The number of nitrogens with zero attached hydrogens (tertiary/aromatic N) is 1. The molecule has 0 bridgehead atoms. The summed E-state index contributed by atoms with van der Waals surface area (Å²) >= 11 is 5.89. The van der Waals surface area contributed by atoms with Gasteiger partial charge < -0.3 is 5.73 Å². The van der Waals surface area contributed by atoms with Crippen LogP contribution in [0.4, 0.5) is 0 Å². The van der Waals surface area contributed by atoms with Gasteiger partial charge >= 0.3 is 0 Å². The fourth-order valence-electron chi connectivity index (χ4n) is 2.27. The summed E-state index contributed by atoms with van der Waals surface area (Å²) in [7, 11) is 2.15. The summed E-state index contributed by atoms with van der Waals surface area (Å²) in [6.07, 6.45) is 2.15. The van der Waals surface area contributed by atoms with Crippen LogP contribution in [0.3, 0.4) is 0 Å². The predicted molar refractivity (Wildman–Crippen MR) is 75.3 cm³/mol. The van der Waals surface area contributed by atoms with E-state index in [0.717, 1.165) is 24.4 Å². The minimum absolute atomic E-state index is 0.111. The summed E-state index contributed by atoms with van der Waals surface area (Å²) in [4.78, 5) is 2.36. The highest BCUT2D eigenvalue weighted by Crippen LogP contribution is 2.23. The van der Waals surface area contributed by atoms with E-state index in [1.54, 1.807) is 0 Å². The SMILES string of the molecule is CCC(CC)(CN)N(C)Cc1ccc(Cl)cc1. The lowest BCUT2D eigenvalue weighted by molar-refractivity contribution is 0.108. The molecule has 96 valence electrons. The zero-order chi connectivity index (χ0) is 12.9. The smallest absolute Gasteiger partial charge is 0.0406 e. The molecule has 1 rings (SSSR count). The molecule has 0 aliphatic rings. The van der Waals surface area contributed by atoms with Crippen LogP contribution in [0.2, 0.25) is 5.02 Å². The first kappa shape index (κ1) is 14.5. The topological polar surface area (TPSA) is 29.3 Å². The maximum atomic E-state index is 5.94. The molecule has 2 nitrogen and oxygen atoms in total. The molecule has 0 unspecified atom stereocenters. The molecular formula is C14H23ClN2. The van der Waals surface area contributed by atoms with Crippen molar-refractivity contribution in [2.24, 2.45) is 5.73 Å². The van der Waals surface area contributed by atoms with Gasteiger partial charge in [-0.3, -0.25) is 4.90 Å². The molecule has 0 aromatic heterocycles. The van der Waals surface area contributed by atoms with Crippen LogP contribution < -0.4 is 5.73 Å². The number of likely N-dealkylation sites (N-methyl/N-ethyl adjacent to an activating group) is 1. The van der Waals surface area contributed by atoms with E-state index < -0.39 is 0 Å². The monoisotopic (exact) mass is 254 g/mol. The molecule has 3 heteroatoms. The molecule has 0 saturated heterocycles. The molecule has 17 heavy (non-hydrogen) atoms. The number of hydrogen-bond acceptors (Lipinski definition) is 2. The van der Waals surface area contributed by atoms with Crippen molar-refractivity contribution in [1.82, 2.24) is 4.90 Å². The van der Waals surface area contributed by atoms with Gasteiger partial charge in [0.25, 0.3) is 0 Å². The molecular weight excluding hydrogens is 232 g/mol. The fraction of sp³-hybridized carbons (Fsp3) is 0.571. The summed E-state index contributed by atoms with van der Waals surface area (Å²) in [6, 6.07) is 8.02. The maximum Gasteiger partial charge on any atom is 0.0406 e. The molecule has 0 radical (unpaired) electrons. The van der Waals surface area contributed by atoms with Crippen LogP contribution in [0, 0.1) is 0 Å². The van der Waals surface area contributed by atoms with Gasteiger partial charge in [0.15, 0.2) is 0 Å². The van der Waals surface area contributed by atoms with E-state index in [9.17, 15) is 0 Å². The van der Waals surface area contributed by atoms with Crippen molar-refractivity contribution in [3.63, 3.8) is 0 Å². The second-order valence-corrected chi connectivity index (χ2v) is 5.05. The Balaban J connectivity index is 2.76. The Bertz CT molecular complexity index is 322. The van der Waals surface area contributed by atoms with Crippen molar-refractivity contribution >= 4 is 11.6 Å². The lowest BCUT2D eigenvalue weighted by Gasteiger charge is -2.40. The van der Waals surface area contributed by atoms with Crippen LogP contribution in [-0.4, -0.2) is 24.0 Å². The van der Waals surface area contributed by atoms with Gasteiger partial charge in [0, 0.05) is 23.7 Å². The van der Waals surface area contributed by atoms with E-state index in [-0.39, 0.29) is 5.54 Å². The highest BCUT2D eigenvalue weighted by molar-refractivity contribution is 6.30. The van der Waals surface area contributed by atoms with Gasteiger partial charge in [-0.2, -0.15) is 0 Å². The Kier molecular flexibility index (Phi) is 5.44. The quantitative estimate of drug-likeness (QED) is 0.844. The number of halogens is 1. The molecule has 0 atom stereocenters. The van der Waals surface area contributed by atoms with Crippen LogP contribution in [-0.2, 0) is 6.54 Å². The Labute approximate surface area is 110 Å². The normalized spacial score (nSPS) is 12.1. The third-order valence-corrected chi connectivity index (χ3v) is 4.09. The molecule has 0 fully saturated rings. The predicted octanol–water partition coefficient (Wildman–Crippen LogP) is 3.29. The van der Waals surface area contributed by atoms with Crippen LogP contribution in [0.15, 0.2) is 24.3 Å². The second-order valence-electron chi connectivity index (χ2n) is 4.62. The van der Waals surface area contributed by atoms with E-state index in [0.29, 0.717) is 6.54 Å². The van der Waals surface area contributed by atoms with E-state index in [1.807, 2.05) is 12.1 Å². The number of nitrogens with two attached hydrogens (primary N) is 1. The summed E-state index contributed by atoms with van der Waals surface area (Å²) in [5.41, 5.74) is 7.33. The van der Waals surface area contributed by atoms with Crippen molar-refractivity contribution in [3.8, 4) is 0 Å². The third kappa shape index (κ3) is 3.44. The Hall–Kier alpha value is -0.570. The Morgan fingerprint density at radius 2 is 1.71 bits per heavy atom. The van der Waals surface area contributed by atoms with Gasteiger partial charge in [0.2, 0.25) is 0 Å². The van der Waals surface area contributed by atoms with E-state index >= 15 is 0 Å². The Morgan fingerprint density at radius 3 is 2.12 bits per heavy atom. The van der Waals surface area contributed by atoms with Gasteiger partial charge in [-0.1, -0.05) is 37.6 Å². The first-order valence-electron chi connectivity index (χ1n) is 6.23. The molecule has 0 amide bonds. The highest BCUT2D eigenvalue weighted by atomic mass is 35.5. The first-order valence-corrected chi connectivity index (χ1v) is 6.61. The lowest BCUT2D eigenvalue weighted by Crippen LogP contribution is -2.50. The van der Waals surface area contributed by atoms with E-state index in [4.69, 9.17) is 17.3 Å². The van der Waals surface area contributed by atoms with Gasteiger partial charge in [0.1, 0.15) is 0 Å². The number of rotatable bonds is 6. The molecule has 0 saturated carbocycles. The minimum atomic E-state index is 0.111. The summed E-state index contributed by atoms with van der Waals surface area (Å²) < 4.78 is 0. The second kappa shape index (κ2) is 6.39. The summed E-state index contributed by atoms with van der Waals surface area (Å²) in [5.74, 6) is 0. The van der Waals surface area contributed by atoms with Crippen LogP contribution in [0.5, 0.6) is 0 Å². The molecule has 0 spiro atoms. The molecule has 0 aliphatic heterocycles. The van der Waals surface area contributed by atoms with Gasteiger partial charge in [-0.05, 0) is 37.6 Å². The van der Waals surface area contributed by atoms with Crippen molar-refractivity contribution in [2.75, 3.05) is 13.6 Å². The van der Waals surface area contributed by atoms with Crippen molar-refractivity contribution in [3.05, 3.63) is 34.9 Å². The average Bonchev–Trinajstić information content (AvgIpc) is 2.35. The molecule has 0 aliphatic carbocycles. The third-order valence-electron chi connectivity index (χ3n) is 3.84. The zero-order valence-corrected chi connectivity index (χ0v) is 11.8.